The monoisotopic (exact) mass is 167 g/mol. The van der Waals surface area contributed by atoms with E-state index in [1.54, 1.807) is 0 Å². The van der Waals surface area contributed by atoms with Crippen molar-refractivity contribution in [3.63, 3.8) is 0 Å². The van der Waals surface area contributed by atoms with Gasteiger partial charge in [-0.25, -0.2) is 0 Å². The Hall–Kier alpha value is -0.303. The van der Waals surface area contributed by atoms with Gasteiger partial charge in [-0.05, 0) is 10.1 Å². The smallest absolute Gasteiger partial charge is 0.0512 e. The van der Waals surface area contributed by atoms with Crippen LogP contribution >= 0.6 is 0 Å². The van der Waals surface area contributed by atoms with Crippen molar-refractivity contribution >= 4 is 9.52 Å². The first kappa shape index (κ1) is 10.7. The van der Waals surface area contributed by atoms with Crippen molar-refractivity contribution in [2.45, 2.75) is 37.8 Å². The second-order valence-corrected chi connectivity index (χ2v) is 7.46. The molecule has 0 bridgehead atoms. The molecule has 0 amide bonds. The van der Waals surface area contributed by atoms with Crippen molar-refractivity contribution in [1.82, 2.24) is 0 Å². The van der Waals surface area contributed by atoms with Gasteiger partial charge in [0.05, 0.1) is 9.52 Å². The topological polar surface area (TPSA) is 0 Å². The summed E-state index contributed by atoms with van der Waals surface area (Å²) >= 11 is 0. The van der Waals surface area contributed by atoms with Gasteiger partial charge in [0, 0.05) is 0 Å². The Kier molecular flexibility index (Phi) is 3.30. The molecule has 0 unspecified atom stereocenters. The van der Waals surface area contributed by atoms with E-state index >= 15 is 0 Å². The van der Waals surface area contributed by atoms with E-state index in [9.17, 15) is 0 Å². The lowest BCUT2D eigenvalue weighted by Gasteiger charge is -2.29. The maximum absolute atomic E-state index is 3.84. The molecule has 0 N–H and O–H groups in total. The molecule has 0 aliphatic rings. The van der Waals surface area contributed by atoms with Crippen LogP contribution in [0.2, 0.25) is 10.1 Å². The molecule has 1 heteroatoms. The molecule has 0 saturated heterocycles. The average molecular weight is 167 g/mol. The number of allylic oxidation sites excluding steroid dienone is 2. The highest BCUT2D eigenvalue weighted by Gasteiger charge is 2.24. The van der Waals surface area contributed by atoms with Gasteiger partial charge in [-0.3, -0.25) is 0 Å². The van der Waals surface area contributed by atoms with E-state index in [0.29, 0.717) is 19.6 Å². The van der Waals surface area contributed by atoms with Crippen LogP contribution < -0.4 is 0 Å². The SMILES string of the molecule is C=CC(C)(C)[SiH]C(C)(C)C=C. The van der Waals surface area contributed by atoms with Crippen molar-refractivity contribution in [3.05, 3.63) is 25.3 Å². The van der Waals surface area contributed by atoms with E-state index in [-0.39, 0.29) is 0 Å². The Morgan fingerprint density at radius 3 is 1.36 bits per heavy atom. The second-order valence-electron chi connectivity index (χ2n) is 4.20. The number of hydrogen-bond donors (Lipinski definition) is 0. The standard InChI is InChI=1S/C10H19Si/c1-7-9(3,4)11-10(5,6)8-2/h7-8,11H,1-2H2,3-6H3. The molecule has 0 nitrogen and oxygen atoms in total. The molecule has 1 radical (unpaired) electrons. The Morgan fingerprint density at radius 2 is 1.18 bits per heavy atom. The zero-order valence-electron chi connectivity index (χ0n) is 8.15. The molecule has 0 heterocycles. The van der Waals surface area contributed by atoms with Gasteiger partial charge in [-0.15, -0.1) is 13.2 Å². The lowest BCUT2D eigenvalue weighted by atomic mass is 10.2. The van der Waals surface area contributed by atoms with Gasteiger partial charge in [0.1, 0.15) is 0 Å². The zero-order valence-corrected chi connectivity index (χ0v) is 9.30. The summed E-state index contributed by atoms with van der Waals surface area (Å²) in [7, 11) is 0.340. The summed E-state index contributed by atoms with van der Waals surface area (Å²) in [6.07, 6.45) is 4.10. The first-order valence-electron chi connectivity index (χ1n) is 3.97. The van der Waals surface area contributed by atoms with Gasteiger partial charge < -0.3 is 0 Å². The summed E-state index contributed by atoms with van der Waals surface area (Å²) in [5, 5.41) is 0.607. The van der Waals surface area contributed by atoms with E-state index in [1.165, 1.54) is 0 Å². The third-order valence-corrected chi connectivity index (χ3v) is 3.76. The van der Waals surface area contributed by atoms with Crippen LogP contribution in [0, 0.1) is 0 Å². The summed E-state index contributed by atoms with van der Waals surface area (Å²) < 4.78 is 0. The molecule has 0 atom stereocenters. The fourth-order valence-corrected chi connectivity index (χ4v) is 3.23. The minimum Gasteiger partial charge on any atom is -0.103 e. The molecule has 0 aromatic carbocycles. The van der Waals surface area contributed by atoms with Crippen LogP contribution in [0.5, 0.6) is 0 Å². The Labute approximate surface area is 73.2 Å². The molecule has 11 heavy (non-hydrogen) atoms. The predicted octanol–water partition coefficient (Wildman–Crippen LogP) is 3.19. The molecule has 0 fully saturated rings. The number of rotatable bonds is 4. The molecule has 0 aromatic rings. The van der Waals surface area contributed by atoms with Crippen LogP contribution in [0.25, 0.3) is 0 Å². The highest BCUT2D eigenvalue weighted by molar-refractivity contribution is 6.45. The lowest BCUT2D eigenvalue weighted by Crippen LogP contribution is -2.20. The summed E-state index contributed by atoms with van der Waals surface area (Å²) in [5.41, 5.74) is 0. The maximum Gasteiger partial charge on any atom is 0.0512 e. The molecule has 0 aliphatic carbocycles. The summed E-state index contributed by atoms with van der Waals surface area (Å²) in [6, 6.07) is 0. The molecular weight excluding hydrogens is 148 g/mol. The molecule has 0 spiro atoms. The molecule has 0 rings (SSSR count). The van der Waals surface area contributed by atoms with Crippen LogP contribution in [0.3, 0.4) is 0 Å². The van der Waals surface area contributed by atoms with E-state index in [1.807, 2.05) is 12.2 Å². The first-order valence-corrected chi connectivity index (χ1v) is 5.13. The van der Waals surface area contributed by atoms with Crippen molar-refractivity contribution in [3.8, 4) is 0 Å². The Balaban J connectivity index is 4.23. The van der Waals surface area contributed by atoms with Crippen molar-refractivity contribution < 1.29 is 0 Å². The summed E-state index contributed by atoms with van der Waals surface area (Å²) in [5.74, 6) is 0. The van der Waals surface area contributed by atoms with Crippen LogP contribution in [0.4, 0.5) is 0 Å². The molecule has 63 valence electrons. The quantitative estimate of drug-likeness (QED) is 0.445. The second kappa shape index (κ2) is 3.40. The fraction of sp³-hybridized carbons (Fsp3) is 0.600. The van der Waals surface area contributed by atoms with Gasteiger partial charge >= 0.3 is 0 Å². The van der Waals surface area contributed by atoms with Gasteiger partial charge in [0.25, 0.3) is 0 Å². The lowest BCUT2D eigenvalue weighted by molar-refractivity contribution is 0.759. The van der Waals surface area contributed by atoms with E-state index < -0.39 is 0 Å². The van der Waals surface area contributed by atoms with Crippen molar-refractivity contribution in [2.24, 2.45) is 0 Å². The third-order valence-electron chi connectivity index (χ3n) is 1.80. The van der Waals surface area contributed by atoms with E-state index in [0.717, 1.165) is 0 Å². The molecule has 0 aliphatic heterocycles. The summed E-state index contributed by atoms with van der Waals surface area (Å²) in [6.45, 7) is 16.6. The largest absolute Gasteiger partial charge is 0.103 e. The van der Waals surface area contributed by atoms with E-state index in [2.05, 4.69) is 40.9 Å². The normalized spacial score (nSPS) is 12.7. The summed E-state index contributed by atoms with van der Waals surface area (Å²) in [4.78, 5) is 0. The van der Waals surface area contributed by atoms with Gasteiger partial charge in [0.2, 0.25) is 0 Å². The molecular formula is C10H19Si. The van der Waals surface area contributed by atoms with Crippen molar-refractivity contribution in [2.75, 3.05) is 0 Å². The average Bonchev–Trinajstić information content (AvgIpc) is 1.86. The highest BCUT2D eigenvalue weighted by Crippen LogP contribution is 2.36. The van der Waals surface area contributed by atoms with Gasteiger partial charge in [0.15, 0.2) is 0 Å². The van der Waals surface area contributed by atoms with Crippen LogP contribution in [-0.2, 0) is 0 Å². The minimum atomic E-state index is 0.303. The Morgan fingerprint density at radius 1 is 0.909 bits per heavy atom. The van der Waals surface area contributed by atoms with Gasteiger partial charge in [-0.2, -0.15) is 0 Å². The minimum absolute atomic E-state index is 0.303. The Bertz CT molecular complexity index is 136. The predicted molar refractivity (Wildman–Crippen MR) is 55.6 cm³/mol. The third kappa shape index (κ3) is 4.20. The first-order chi connectivity index (χ1) is 4.83. The van der Waals surface area contributed by atoms with Crippen LogP contribution in [-0.4, -0.2) is 9.52 Å². The van der Waals surface area contributed by atoms with Gasteiger partial charge in [-0.1, -0.05) is 39.8 Å². The van der Waals surface area contributed by atoms with Crippen molar-refractivity contribution in [1.29, 1.82) is 0 Å². The van der Waals surface area contributed by atoms with E-state index in [4.69, 9.17) is 0 Å². The zero-order chi connectivity index (χ0) is 9.12. The molecule has 0 saturated carbocycles. The van der Waals surface area contributed by atoms with Crippen LogP contribution in [0.15, 0.2) is 25.3 Å². The maximum atomic E-state index is 3.84. The fourth-order valence-electron chi connectivity index (χ4n) is 1.08. The highest BCUT2D eigenvalue weighted by atomic mass is 28.2. The number of hydrogen-bond acceptors (Lipinski definition) is 0. The van der Waals surface area contributed by atoms with Crippen LogP contribution in [0.1, 0.15) is 27.7 Å². The molecule has 0 aromatic heterocycles.